The summed E-state index contributed by atoms with van der Waals surface area (Å²) in [5, 5.41) is 18.2. The fourth-order valence-corrected chi connectivity index (χ4v) is 5.56. The van der Waals surface area contributed by atoms with Crippen LogP contribution in [-0.4, -0.2) is 90.3 Å². The third kappa shape index (κ3) is 9.57. The van der Waals surface area contributed by atoms with Crippen LogP contribution in [0.1, 0.15) is 98.3 Å². The van der Waals surface area contributed by atoms with Crippen LogP contribution in [0.25, 0.3) is 33.8 Å². The Balaban J connectivity index is 0.000000229. The zero-order chi connectivity index (χ0) is 40.6. The second kappa shape index (κ2) is 18.1. The van der Waals surface area contributed by atoms with Crippen LogP contribution in [0.3, 0.4) is 0 Å². The van der Waals surface area contributed by atoms with Crippen molar-refractivity contribution in [3.63, 3.8) is 0 Å². The molecular formula is C41H47N7O7. The van der Waals surface area contributed by atoms with Gasteiger partial charge in [-0.3, -0.25) is 4.79 Å². The third-order valence-electron chi connectivity index (χ3n) is 8.08. The Morgan fingerprint density at radius 1 is 0.636 bits per heavy atom. The smallest absolute Gasteiger partial charge is 0.357 e. The summed E-state index contributed by atoms with van der Waals surface area (Å²) in [7, 11) is 3.45. The van der Waals surface area contributed by atoms with Crippen LogP contribution >= 0.6 is 0 Å². The molecule has 1 N–H and O–H groups in total. The Morgan fingerprint density at radius 2 is 1.04 bits per heavy atom. The maximum atomic E-state index is 12.1. The number of fused-ring (bicyclic) bond motifs is 2. The number of hydrogen-bond donors (Lipinski definition) is 1. The summed E-state index contributed by atoms with van der Waals surface area (Å²) in [5.41, 5.74) is 8.83. The van der Waals surface area contributed by atoms with Gasteiger partial charge in [-0.05, 0) is 89.1 Å². The second-order valence-electron chi connectivity index (χ2n) is 12.9. The average molecular weight is 750 g/mol. The van der Waals surface area contributed by atoms with Crippen molar-refractivity contribution in [2.24, 2.45) is 0 Å². The van der Waals surface area contributed by atoms with Crippen molar-refractivity contribution >= 4 is 35.1 Å². The molecule has 4 aromatic heterocycles. The number of aryl methyl sites for hydroxylation is 4. The maximum absolute atomic E-state index is 12.1. The lowest BCUT2D eigenvalue weighted by atomic mass is 10.0. The lowest BCUT2D eigenvalue weighted by molar-refractivity contribution is 0.0510. The summed E-state index contributed by atoms with van der Waals surface area (Å²) in [6.07, 6.45) is 1.25. The van der Waals surface area contributed by atoms with Gasteiger partial charge in [0, 0.05) is 54.3 Å². The zero-order valence-corrected chi connectivity index (χ0v) is 32.9. The molecule has 2 aromatic carbocycles. The largest absolute Gasteiger partial charge is 0.478 e. The van der Waals surface area contributed by atoms with E-state index in [-0.39, 0.29) is 29.5 Å². The average Bonchev–Trinajstić information content (AvgIpc) is 3.77. The van der Waals surface area contributed by atoms with Crippen LogP contribution in [0.4, 0.5) is 0 Å². The molecule has 6 rings (SSSR count). The first kappa shape index (κ1) is 41.3. The molecule has 0 saturated heterocycles. The predicted molar refractivity (Wildman–Crippen MR) is 209 cm³/mol. The summed E-state index contributed by atoms with van der Waals surface area (Å²) in [6, 6.07) is 17.3. The van der Waals surface area contributed by atoms with Gasteiger partial charge in [-0.25, -0.2) is 33.4 Å². The molecule has 0 radical (unpaired) electrons. The molecule has 1 amide bonds. The van der Waals surface area contributed by atoms with Gasteiger partial charge in [0.15, 0.2) is 22.7 Å². The molecule has 55 heavy (non-hydrogen) atoms. The molecule has 6 aromatic rings. The molecule has 0 aliphatic heterocycles. The van der Waals surface area contributed by atoms with Gasteiger partial charge >= 0.3 is 17.9 Å². The summed E-state index contributed by atoms with van der Waals surface area (Å²) in [6.45, 7) is 15.8. The number of aromatic nitrogens is 6. The first-order valence-corrected chi connectivity index (χ1v) is 17.9. The molecule has 0 atom stereocenters. The Kier molecular flexibility index (Phi) is 13.6. The minimum atomic E-state index is -0.971. The van der Waals surface area contributed by atoms with Crippen molar-refractivity contribution in [2.45, 2.75) is 61.8 Å². The number of carboxylic acids is 1. The molecule has 14 heteroatoms. The van der Waals surface area contributed by atoms with Gasteiger partial charge in [-0.1, -0.05) is 32.4 Å². The minimum Gasteiger partial charge on any atom is -0.478 e. The third-order valence-corrected chi connectivity index (χ3v) is 8.08. The Bertz CT molecular complexity index is 2380. The van der Waals surface area contributed by atoms with E-state index in [0.29, 0.717) is 29.2 Å². The van der Waals surface area contributed by atoms with E-state index < -0.39 is 17.9 Å². The highest BCUT2D eigenvalue weighted by Gasteiger charge is 2.18. The molecule has 14 nitrogen and oxygen atoms in total. The Labute approximate surface area is 319 Å². The van der Waals surface area contributed by atoms with E-state index in [9.17, 15) is 19.2 Å². The van der Waals surface area contributed by atoms with Crippen LogP contribution in [0.5, 0.6) is 0 Å². The highest BCUT2D eigenvalue weighted by Crippen LogP contribution is 2.26. The second-order valence-corrected chi connectivity index (χ2v) is 12.9. The topological polar surface area (TPSA) is 171 Å². The van der Waals surface area contributed by atoms with Gasteiger partial charge in [0.1, 0.15) is 0 Å². The van der Waals surface area contributed by atoms with Crippen molar-refractivity contribution in [2.75, 3.05) is 27.3 Å². The van der Waals surface area contributed by atoms with Gasteiger partial charge in [-0.2, -0.15) is 10.2 Å². The van der Waals surface area contributed by atoms with Crippen LogP contribution in [0.15, 0.2) is 60.7 Å². The number of carbonyl (C=O) groups excluding carboxylic acids is 3. The molecule has 4 heterocycles. The van der Waals surface area contributed by atoms with Gasteiger partial charge in [0.25, 0.3) is 5.91 Å². The van der Waals surface area contributed by atoms with Crippen molar-refractivity contribution in [1.29, 1.82) is 0 Å². The number of esters is 2. The highest BCUT2D eigenvalue weighted by molar-refractivity contribution is 5.95. The monoisotopic (exact) mass is 749 g/mol. The number of nitrogens with zero attached hydrogens (tertiary/aromatic N) is 7. The lowest BCUT2D eigenvalue weighted by Crippen LogP contribution is -2.21. The van der Waals surface area contributed by atoms with Crippen LogP contribution < -0.4 is 0 Å². The van der Waals surface area contributed by atoms with Crippen LogP contribution in [0, 0.1) is 27.7 Å². The van der Waals surface area contributed by atoms with E-state index in [1.54, 1.807) is 84.3 Å². The number of hydrogen-bond acceptors (Lipinski definition) is 10. The number of rotatable bonds is 8. The number of amides is 1. The molecular weight excluding hydrogens is 702 g/mol. The SMILES string of the molecule is CCC.CCOC(=O)c1cc(C)n2nc(-c3ccc(C(=O)N(C)C)cc3C)cc2n1.CCOC(=O)c1cc(C)n2nc(-c3ccc(C(=O)O)cc3C)cc2n1. The summed E-state index contributed by atoms with van der Waals surface area (Å²) < 4.78 is 13.4. The molecule has 0 fully saturated rings. The molecule has 0 saturated carbocycles. The molecule has 0 aliphatic rings. The Morgan fingerprint density at radius 3 is 1.40 bits per heavy atom. The fourth-order valence-electron chi connectivity index (χ4n) is 5.56. The summed E-state index contributed by atoms with van der Waals surface area (Å²) >= 11 is 0. The highest BCUT2D eigenvalue weighted by atomic mass is 16.5. The van der Waals surface area contributed by atoms with E-state index in [2.05, 4.69) is 34.0 Å². The first-order valence-electron chi connectivity index (χ1n) is 17.9. The van der Waals surface area contributed by atoms with Crippen molar-refractivity contribution < 1.29 is 33.8 Å². The molecule has 0 bridgehead atoms. The normalized spacial score (nSPS) is 10.6. The standard InChI is InChI=1S/C20H22N4O3.C18H17N3O4.C3H8/c1-6-27-20(26)17-10-13(3)24-18(21-17)11-16(22-24)15-8-7-14(9-12(15)2)19(25)23(4)5;1-4-25-18(24)15-8-11(3)21-16(19-15)9-14(20-21)13-6-5-12(17(22)23)7-10(13)2;1-3-2/h7-11H,6H2,1-5H3;5-9H,4H2,1-3H3,(H,22,23);3H2,1-2H3. The van der Waals surface area contributed by atoms with E-state index in [1.807, 2.05) is 45.9 Å². The number of ether oxygens (including phenoxy) is 2. The van der Waals surface area contributed by atoms with Gasteiger partial charge in [0.2, 0.25) is 0 Å². The number of aromatic carboxylic acids is 1. The van der Waals surface area contributed by atoms with Crippen molar-refractivity contribution in [3.8, 4) is 22.5 Å². The van der Waals surface area contributed by atoms with E-state index in [0.717, 1.165) is 39.3 Å². The van der Waals surface area contributed by atoms with E-state index in [4.69, 9.17) is 14.6 Å². The predicted octanol–water partition coefficient (Wildman–Crippen LogP) is 7.20. The molecule has 288 valence electrons. The maximum Gasteiger partial charge on any atom is 0.357 e. The van der Waals surface area contributed by atoms with Gasteiger partial charge in [0.05, 0.1) is 30.2 Å². The quantitative estimate of drug-likeness (QED) is 0.156. The molecule has 0 aliphatic carbocycles. The van der Waals surface area contributed by atoms with Crippen LogP contribution in [-0.2, 0) is 9.47 Å². The van der Waals surface area contributed by atoms with E-state index in [1.165, 1.54) is 6.42 Å². The number of benzene rings is 2. The zero-order valence-electron chi connectivity index (χ0n) is 32.9. The Hall–Kier alpha value is -6.44. The van der Waals surface area contributed by atoms with Crippen molar-refractivity contribution in [1.82, 2.24) is 34.1 Å². The molecule has 0 spiro atoms. The first-order chi connectivity index (χ1) is 26.1. The number of carbonyl (C=O) groups is 4. The minimum absolute atomic E-state index is 0.0451. The van der Waals surface area contributed by atoms with Crippen LogP contribution in [0.2, 0.25) is 0 Å². The van der Waals surface area contributed by atoms with Gasteiger partial charge in [-0.15, -0.1) is 0 Å². The van der Waals surface area contributed by atoms with Gasteiger partial charge < -0.3 is 19.5 Å². The lowest BCUT2D eigenvalue weighted by Gasteiger charge is -2.11. The number of carboxylic acid groups (broad SMARTS) is 1. The van der Waals surface area contributed by atoms with E-state index >= 15 is 0 Å². The molecule has 0 unspecified atom stereocenters. The summed E-state index contributed by atoms with van der Waals surface area (Å²) in [4.78, 5) is 57.3. The fraction of sp³-hybridized carbons (Fsp3) is 0.317. The van der Waals surface area contributed by atoms with Crippen molar-refractivity contribution in [3.05, 3.63) is 106 Å². The summed E-state index contributed by atoms with van der Waals surface area (Å²) in [5.74, 6) is -1.94.